The van der Waals surface area contributed by atoms with Crippen molar-refractivity contribution in [3.63, 3.8) is 0 Å². The van der Waals surface area contributed by atoms with Crippen molar-refractivity contribution in [3.05, 3.63) is 81.5 Å². The number of thiocarbonyl (C=S) groups is 1. The highest BCUT2D eigenvalue weighted by Crippen LogP contribution is 2.24. The van der Waals surface area contributed by atoms with Gasteiger partial charge in [-0.25, -0.2) is 0 Å². The number of hydrogen-bond donors (Lipinski definition) is 2. The van der Waals surface area contributed by atoms with Gasteiger partial charge in [-0.15, -0.1) is 0 Å². The molecular formula is C21H16BrClN2O2S. The Morgan fingerprint density at radius 2 is 1.89 bits per heavy atom. The number of amides is 1. The van der Waals surface area contributed by atoms with Crippen molar-refractivity contribution in [3.8, 4) is 11.3 Å². The largest absolute Gasteiger partial charge is 0.457 e. The van der Waals surface area contributed by atoms with E-state index in [9.17, 15) is 4.79 Å². The lowest BCUT2D eigenvalue weighted by atomic mass is 10.2. The molecule has 0 unspecified atom stereocenters. The Hall–Kier alpha value is -2.41. The van der Waals surface area contributed by atoms with Gasteiger partial charge in [0.05, 0.1) is 0 Å². The zero-order valence-electron chi connectivity index (χ0n) is 14.8. The van der Waals surface area contributed by atoms with Gasteiger partial charge >= 0.3 is 0 Å². The summed E-state index contributed by atoms with van der Waals surface area (Å²) in [6.07, 6.45) is 2.95. The Labute approximate surface area is 181 Å². The molecule has 1 amide bonds. The maximum absolute atomic E-state index is 12.1. The monoisotopic (exact) mass is 474 g/mol. The van der Waals surface area contributed by atoms with E-state index in [1.165, 1.54) is 6.08 Å². The second-order valence-corrected chi connectivity index (χ2v) is 7.65. The Kier molecular flexibility index (Phi) is 6.67. The summed E-state index contributed by atoms with van der Waals surface area (Å²) in [6, 6.07) is 16.7. The van der Waals surface area contributed by atoms with E-state index < -0.39 is 0 Å². The molecule has 3 rings (SSSR count). The average Bonchev–Trinajstić information content (AvgIpc) is 3.12. The van der Waals surface area contributed by atoms with Crippen LogP contribution >= 0.6 is 39.7 Å². The zero-order chi connectivity index (χ0) is 20.1. The van der Waals surface area contributed by atoms with Gasteiger partial charge in [-0.2, -0.15) is 0 Å². The summed E-state index contributed by atoms with van der Waals surface area (Å²) in [4.78, 5) is 12.1. The topological polar surface area (TPSA) is 54.3 Å². The van der Waals surface area contributed by atoms with Crippen molar-refractivity contribution < 1.29 is 9.21 Å². The van der Waals surface area contributed by atoms with Crippen molar-refractivity contribution in [1.29, 1.82) is 0 Å². The number of hydrogen-bond acceptors (Lipinski definition) is 3. The van der Waals surface area contributed by atoms with Crippen LogP contribution in [0.5, 0.6) is 0 Å². The first-order valence-corrected chi connectivity index (χ1v) is 9.90. The smallest absolute Gasteiger partial charge is 0.250 e. The summed E-state index contributed by atoms with van der Waals surface area (Å²) in [5.74, 6) is 0.901. The third-order valence-electron chi connectivity index (χ3n) is 3.81. The molecule has 3 aromatic rings. The quantitative estimate of drug-likeness (QED) is 0.348. The first-order chi connectivity index (χ1) is 13.4. The maximum atomic E-state index is 12.1. The highest BCUT2D eigenvalue weighted by Gasteiger charge is 2.05. The van der Waals surface area contributed by atoms with E-state index in [2.05, 4.69) is 26.6 Å². The second kappa shape index (κ2) is 9.19. The van der Waals surface area contributed by atoms with Gasteiger partial charge in [0.15, 0.2) is 5.11 Å². The maximum Gasteiger partial charge on any atom is 0.250 e. The molecule has 1 heterocycles. The van der Waals surface area contributed by atoms with Gasteiger partial charge in [0.1, 0.15) is 11.5 Å². The van der Waals surface area contributed by atoms with E-state index >= 15 is 0 Å². The van der Waals surface area contributed by atoms with Gasteiger partial charge in [-0.3, -0.25) is 10.1 Å². The zero-order valence-corrected chi connectivity index (χ0v) is 18.0. The minimum absolute atomic E-state index is 0.220. The van der Waals surface area contributed by atoms with Crippen LogP contribution in [0.3, 0.4) is 0 Å². The molecule has 1 aromatic heterocycles. The molecule has 0 saturated carbocycles. The average molecular weight is 476 g/mol. The number of nitrogens with one attached hydrogen (secondary N) is 2. The van der Waals surface area contributed by atoms with Crippen LogP contribution in [0.15, 0.2) is 69.6 Å². The van der Waals surface area contributed by atoms with Crippen LogP contribution in [0, 0.1) is 6.92 Å². The van der Waals surface area contributed by atoms with Gasteiger partial charge in [0.25, 0.3) is 0 Å². The summed E-state index contributed by atoms with van der Waals surface area (Å²) in [5, 5.41) is 6.47. The molecule has 0 aliphatic carbocycles. The number of benzene rings is 2. The fourth-order valence-electron chi connectivity index (χ4n) is 2.41. The fraction of sp³-hybridized carbons (Fsp3) is 0.0476. The lowest BCUT2D eigenvalue weighted by Gasteiger charge is -2.09. The summed E-state index contributed by atoms with van der Waals surface area (Å²) in [6.45, 7) is 1.97. The van der Waals surface area contributed by atoms with Crippen LogP contribution < -0.4 is 10.6 Å². The molecule has 0 aliphatic heterocycles. The van der Waals surface area contributed by atoms with E-state index in [-0.39, 0.29) is 11.0 Å². The van der Waals surface area contributed by atoms with Crippen molar-refractivity contribution in [2.45, 2.75) is 6.92 Å². The van der Waals surface area contributed by atoms with Gasteiger partial charge in [-0.05, 0) is 85.4 Å². The molecule has 0 atom stereocenters. The van der Waals surface area contributed by atoms with E-state index in [0.717, 1.165) is 21.3 Å². The van der Waals surface area contributed by atoms with Crippen LogP contribution in [0.2, 0.25) is 5.02 Å². The Bertz CT molecular complexity index is 1040. The molecular weight excluding hydrogens is 460 g/mol. The van der Waals surface area contributed by atoms with Crippen molar-refractivity contribution in [1.82, 2.24) is 5.32 Å². The normalized spacial score (nSPS) is 10.8. The van der Waals surface area contributed by atoms with Crippen LogP contribution in [0.25, 0.3) is 17.4 Å². The molecule has 2 aromatic carbocycles. The first kappa shape index (κ1) is 20.3. The molecule has 0 saturated heterocycles. The van der Waals surface area contributed by atoms with Crippen LogP contribution in [0.1, 0.15) is 11.3 Å². The second-order valence-electron chi connectivity index (χ2n) is 5.95. The molecule has 4 nitrogen and oxygen atoms in total. The Balaban J connectivity index is 1.57. The van der Waals surface area contributed by atoms with Gasteiger partial charge < -0.3 is 9.73 Å². The van der Waals surface area contributed by atoms with E-state index in [0.29, 0.717) is 16.5 Å². The predicted molar refractivity (Wildman–Crippen MR) is 121 cm³/mol. The predicted octanol–water partition coefficient (Wildman–Crippen LogP) is 6.20. The minimum atomic E-state index is -0.351. The molecule has 0 spiro atoms. The number of halogens is 2. The number of rotatable bonds is 4. The van der Waals surface area contributed by atoms with E-state index in [4.69, 9.17) is 28.2 Å². The van der Waals surface area contributed by atoms with Gasteiger partial charge in [-0.1, -0.05) is 27.5 Å². The number of aryl methyl sites for hydroxylation is 1. The highest BCUT2D eigenvalue weighted by atomic mass is 79.9. The van der Waals surface area contributed by atoms with Crippen LogP contribution in [-0.4, -0.2) is 11.0 Å². The molecule has 28 heavy (non-hydrogen) atoms. The highest BCUT2D eigenvalue weighted by molar-refractivity contribution is 9.10. The summed E-state index contributed by atoms with van der Waals surface area (Å²) in [5.41, 5.74) is 2.77. The van der Waals surface area contributed by atoms with Crippen molar-refractivity contribution >= 4 is 62.5 Å². The van der Waals surface area contributed by atoms with Crippen molar-refractivity contribution in [2.24, 2.45) is 0 Å². The van der Waals surface area contributed by atoms with Gasteiger partial charge in [0, 0.05) is 26.8 Å². The summed E-state index contributed by atoms with van der Waals surface area (Å²) < 4.78 is 6.73. The molecule has 0 radical (unpaired) electrons. The number of carbonyl (C=O) groups is 1. The molecule has 0 bridgehead atoms. The summed E-state index contributed by atoms with van der Waals surface area (Å²) >= 11 is 14.5. The Morgan fingerprint density at radius 3 is 2.61 bits per heavy atom. The third kappa shape index (κ3) is 5.55. The number of carbonyl (C=O) groups excluding carboxylic acids is 1. The van der Waals surface area contributed by atoms with Crippen LogP contribution in [0.4, 0.5) is 5.69 Å². The molecule has 2 N–H and O–H groups in total. The molecule has 0 aliphatic rings. The number of furan rings is 1. The fourth-order valence-corrected chi connectivity index (χ4v) is 3.00. The third-order valence-corrected chi connectivity index (χ3v) is 5.15. The van der Waals surface area contributed by atoms with Gasteiger partial charge in [0.2, 0.25) is 5.91 Å². The Morgan fingerprint density at radius 1 is 1.14 bits per heavy atom. The number of anilines is 1. The summed E-state index contributed by atoms with van der Waals surface area (Å²) in [7, 11) is 0. The lowest BCUT2D eigenvalue weighted by molar-refractivity contribution is -0.115. The lowest BCUT2D eigenvalue weighted by Crippen LogP contribution is -2.32. The minimum Gasteiger partial charge on any atom is -0.457 e. The van der Waals surface area contributed by atoms with E-state index in [1.807, 2.05) is 43.3 Å². The molecule has 142 valence electrons. The van der Waals surface area contributed by atoms with Crippen molar-refractivity contribution in [2.75, 3.05) is 5.32 Å². The molecule has 0 fully saturated rings. The first-order valence-electron chi connectivity index (χ1n) is 8.33. The molecule has 7 heteroatoms. The van der Waals surface area contributed by atoms with E-state index in [1.54, 1.807) is 24.3 Å². The standard InChI is InChI=1S/C21H16BrClN2O2S/c1-13-12-16(6-9-18(13)22)24-21(28)25-20(26)11-8-17-7-10-19(27-17)14-2-4-15(23)5-3-14/h2-12H,1H3,(H2,24,25,26,28). The SMILES string of the molecule is Cc1cc(NC(=S)NC(=O)C=Cc2ccc(-c3ccc(Cl)cc3)o2)ccc1Br. The van der Waals surface area contributed by atoms with Crippen LogP contribution in [-0.2, 0) is 4.79 Å².